The molecule has 0 aliphatic carbocycles. The van der Waals surface area contributed by atoms with E-state index < -0.39 is 0 Å². The lowest BCUT2D eigenvalue weighted by atomic mass is 10.2. The number of hydrogen-bond acceptors (Lipinski definition) is 5. The number of rotatable bonds is 5. The summed E-state index contributed by atoms with van der Waals surface area (Å²) in [4.78, 5) is 26.2. The summed E-state index contributed by atoms with van der Waals surface area (Å²) in [5, 5.41) is 8.52. The first-order chi connectivity index (χ1) is 15.5. The minimum absolute atomic E-state index is 0.0193. The Labute approximate surface area is 187 Å². The molecule has 1 aliphatic rings. The molecular weight excluding hydrogens is 409 g/mol. The van der Waals surface area contributed by atoms with Gasteiger partial charge in [0.2, 0.25) is 0 Å². The molecule has 1 aromatic carbocycles. The molecule has 1 aliphatic heterocycles. The van der Waals surface area contributed by atoms with Gasteiger partial charge in [0, 0.05) is 39.1 Å². The van der Waals surface area contributed by atoms with Gasteiger partial charge >= 0.3 is 6.03 Å². The van der Waals surface area contributed by atoms with E-state index in [0.29, 0.717) is 26.2 Å². The van der Waals surface area contributed by atoms with Crippen LogP contribution in [-0.4, -0.2) is 63.4 Å². The molecule has 1 saturated heterocycles. The van der Waals surface area contributed by atoms with Crippen molar-refractivity contribution in [3.63, 3.8) is 0 Å². The molecule has 0 unspecified atom stereocenters. The van der Waals surface area contributed by atoms with Gasteiger partial charge in [-0.1, -0.05) is 6.92 Å². The van der Waals surface area contributed by atoms with E-state index in [2.05, 4.69) is 17.1 Å². The summed E-state index contributed by atoms with van der Waals surface area (Å²) in [5.74, 6) is 1.34. The van der Waals surface area contributed by atoms with Crippen LogP contribution in [0.2, 0.25) is 0 Å². The SMILES string of the molecule is CCCc1nc(N2CCCN(C(=O)NCC)CC2)c2c(C)nn(-c3ccc(F)cc3)c2n1. The second kappa shape index (κ2) is 9.50. The van der Waals surface area contributed by atoms with Gasteiger partial charge in [-0.05, 0) is 51.0 Å². The number of fused-ring (bicyclic) bond motifs is 1. The van der Waals surface area contributed by atoms with Crippen molar-refractivity contribution in [1.29, 1.82) is 0 Å². The van der Waals surface area contributed by atoms with Gasteiger partial charge in [0.15, 0.2) is 5.65 Å². The Morgan fingerprint density at radius 1 is 1.09 bits per heavy atom. The van der Waals surface area contributed by atoms with Crippen LogP contribution in [-0.2, 0) is 6.42 Å². The van der Waals surface area contributed by atoms with Crippen LogP contribution >= 0.6 is 0 Å². The zero-order valence-electron chi connectivity index (χ0n) is 18.9. The summed E-state index contributed by atoms with van der Waals surface area (Å²) in [6.07, 6.45) is 2.55. The lowest BCUT2D eigenvalue weighted by Crippen LogP contribution is -2.42. The number of carbonyl (C=O) groups is 1. The van der Waals surface area contributed by atoms with Crippen molar-refractivity contribution in [3.8, 4) is 5.69 Å². The van der Waals surface area contributed by atoms with Crippen LogP contribution in [0.25, 0.3) is 16.7 Å². The first kappa shape index (κ1) is 22.0. The molecule has 0 spiro atoms. The van der Waals surface area contributed by atoms with Gasteiger partial charge in [0.25, 0.3) is 0 Å². The van der Waals surface area contributed by atoms with Crippen molar-refractivity contribution < 1.29 is 9.18 Å². The number of nitrogens with zero attached hydrogens (tertiary/aromatic N) is 6. The smallest absolute Gasteiger partial charge is 0.317 e. The number of hydrogen-bond donors (Lipinski definition) is 1. The van der Waals surface area contributed by atoms with E-state index in [1.54, 1.807) is 16.8 Å². The Morgan fingerprint density at radius 3 is 2.59 bits per heavy atom. The first-order valence-corrected chi connectivity index (χ1v) is 11.3. The monoisotopic (exact) mass is 439 g/mol. The zero-order valence-corrected chi connectivity index (χ0v) is 18.9. The highest BCUT2D eigenvalue weighted by Crippen LogP contribution is 2.30. The number of carbonyl (C=O) groups excluding carboxylic acids is 1. The molecule has 3 aromatic rings. The van der Waals surface area contributed by atoms with Gasteiger partial charge in [-0.2, -0.15) is 5.10 Å². The number of aryl methyl sites for hydroxylation is 2. The van der Waals surface area contributed by atoms with Gasteiger partial charge in [-0.15, -0.1) is 0 Å². The van der Waals surface area contributed by atoms with E-state index in [-0.39, 0.29) is 11.8 Å². The Morgan fingerprint density at radius 2 is 1.88 bits per heavy atom. The van der Waals surface area contributed by atoms with E-state index >= 15 is 0 Å². The van der Waals surface area contributed by atoms with Crippen LogP contribution in [0, 0.1) is 12.7 Å². The lowest BCUT2D eigenvalue weighted by molar-refractivity contribution is 0.202. The van der Waals surface area contributed by atoms with E-state index in [4.69, 9.17) is 15.1 Å². The van der Waals surface area contributed by atoms with Crippen LogP contribution in [0.5, 0.6) is 0 Å². The molecule has 0 atom stereocenters. The predicted molar refractivity (Wildman–Crippen MR) is 123 cm³/mol. The van der Waals surface area contributed by atoms with Crippen LogP contribution < -0.4 is 10.2 Å². The van der Waals surface area contributed by atoms with Crippen molar-refractivity contribution in [2.24, 2.45) is 0 Å². The maximum atomic E-state index is 13.5. The summed E-state index contributed by atoms with van der Waals surface area (Å²) in [5.41, 5.74) is 2.31. The standard InChI is InChI=1S/C23H30FN7O/c1-4-7-19-26-21(29-12-6-13-30(15-14-29)23(32)25-5-2)20-16(3)28-31(22(20)27-19)18-10-8-17(24)9-11-18/h8-11H,4-7,12-15H2,1-3H3,(H,25,32). The quantitative estimate of drug-likeness (QED) is 0.659. The molecule has 0 saturated carbocycles. The Bertz CT molecular complexity index is 1100. The normalized spacial score (nSPS) is 14.6. The van der Waals surface area contributed by atoms with Crippen molar-refractivity contribution in [3.05, 3.63) is 41.6 Å². The van der Waals surface area contributed by atoms with Crippen LogP contribution in [0.15, 0.2) is 24.3 Å². The fraction of sp³-hybridized carbons (Fsp3) is 0.478. The summed E-state index contributed by atoms with van der Waals surface area (Å²) >= 11 is 0. The van der Waals surface area contributed by atoms with Crippen LogP contribution in [0.1, 0.15) is 38.2 Å². The second-order valence-electron chi connectivity index (χ2n) is 8.05. The first-order valence-electron chi connectivity index (χ1n) is 11.3. The summed E-state index contributed by atoms with van der Waals surface area (Å²) in [6.45, 7) is 9.44. The minimum Gasteiger partial charge on any atom is -0.354 e. The highest BCUT2D eigenvalue weighted by Gasteiger charge is 2.24. The molecule has 2 amide bonds. The molecule has 1 fully saturated rings. The van der Waals surface area contributed by atoms with E-state index in [1.807, 2.05) is 18.7 Å². The fourth-order valence-corrected chi connectivity index (χ4v) is 4.13. The molecule has 3 heterocycles. The topological polar surface area (TPSA) is 79.2 Å². The van der Waals surface area contributed by atoms with E-state index in [1.165, 1.54) is 12.1 Å². The number of anilines is 1. The molecular formula is C23H30FN7O. The molecule has 2 aromatic heterocycles. The molecule has 1 N–H and O–H groups in total. The summed E-state index contributed by atoms with van der Waals surface area (Å²) in [7, 11) is 0. The molecule has 0 radical (unpaired) electrons. The molecule has 4 rings (SSSR count). The maximum Gasteiger partial charge on any atom is 0.317 e. The average Bonchev–Trinajstić information content (AvgIpc) is 2.96. The number of nitrogens with one attached hydrogen (secondary N) is 1. The summed E-state index contributed by atoms with van der Waals surface area (Å²) in [6, 6.07) is 6.25. The highest BCUT2D eigenvalue weighted by atomic mass is 19.1. The third kappa shape index (κ3) is 4.37. The Kier molecular flexibility index (Phi) is 6.53. The lowest BCUT2D eigenvalue weighted by Gasteiger charge is -2.24. The third-order valence-corrected chi connectivity index (χ3v) is 5.69. The van der Waals surface area contributed by atoms with E-state index in [9.17, 15) is 9.18 Å². The Balaban J connectivity index is 1.75. The van der Waals surface area contributed by atoms with Crippen molar-refractivity contribution in [2.75, 3.05) is 37.6 Å². The van der Waals surface area contributed by atoms with Gasteiger partial charge < -0.3 is 15.1 Å². The van der Waals surface area contributed by atoms with Gasteiger partial charge in [0.05, 0.1) is 16.8 Å². The number of benzene rings is 1. The van der Waals surface area contributed by atoms with Gasteiger partial charge in [0.1, 0.15) is 17.5 Å². The van der Waals surface area contributed by atoms with Crippen molar-refractivity contribution in [1.82, 2.24) is 30.0 Å². The fourth-order valence-electron chi connectivity index (χ4n) is 4.13. The number of urea groups is 1. The number of aromatic nitrogens is 4. The maximum absolute atomic E-state index is 13.5. The molecule has 9 heteroatoms. The van der Waals surface area contributed by atoms with Crippen LogP contribution in [0.3, 0.4) is 0 Å². The largest absolute Gasteiger partial charge is 0.354 e. The van der Waals surface area contributed by atoms with Gasteiger partial charge in [-0.3, -0.25) is 0 Å². The third-order valence-electron chi connectivity index (χ3n) is 5.69. The molecule has 170 valence electrons. The predicted octanol–water partition coefficient (Wildman–Crippen LogP) is 3.46. The minimum atomic E-state index is -0.287. The van der Waals surface area contributed by atoms with Gasteiger partial charge in [-0.25, -0.2) is 23.8 Å². The number of halogens is 1. The van der Waals surface area contributed by atoms with Crippen molar-refractivity contribution in [2.45, 2.75) is 40.0 Å². The zero-order chi connectivity index (χ0) is 22.7. The summed E-state index contributed by atoms with van der Waals surface area (Å²) < 4.78 is 15.2. The Hall–Kier alpha value is -3.23. The van der Waals surface area contributed by atoms with Crippen molar-refractivity contribution >= 4 is 22.9 Å². The second-order valence-corrected chi connectivity index (χ2v) is 8.05. The van der Waals surface area contributed by atoms with E-state index in [0.717, 1.165) is 59.9 Å². The number of amides is 2. The highest BCUT2D eigenvalue weighted by molar-refractivity contribution is 5.91. The van der Waals surface area contributed by atoms with Crippen LogP contribution in [0.4, 0.5) is 15.0 Å². The average molecular weight is 440 g/mol. The molecule has 32 heavy (non-hydrogen) atoms. The molecule has 0 bridgehead atoms. The molecule has 8 nitrogen and oxygen atoms in total.